The molecule has 3 unspecified atom stereocenters. The molecule has 10 heteroatoms. The quantitative estimate of drug-likeness (QED) is 0.491. The largest absolute Gasteiger partial charge is 0.508 e. The monoisotopic (exact) mass is 429 g/mol. The molecule has 1 aromatic carbocycles. The zero-order valence-electron chi connectivity index (χ0n) is 17.0. The van der Waals surface area contributed by atoms with Crippen molar-refractivity contribution in [2.75, 3.05) is 11.6 Å². The third-order valence-electron chi connectivity index (χ3n) is 7.66. The lowest BCUT2D eigenvalue weighted by Gasteiger charge is -2.43. The number of hydrogen-bond acceptors (Lipinski definition) is 10. The summed E-state index contributed by atoms with van der Waals surface area (Å²) >= 11 is 0. The van der Waals surface area contributed by atoms with E-state index in [0.29, 0.717) is 12.8 Å². The number of ether oxygens (including phenoxy) is 1. The molecule has 2 aliphatic carbocycles. The molecule has 0 radical (unpaired) electrons. The number of allylic oxidation sites excluding steroid dienone is 1. The van der Waals surface area contributed by atoms with E-state index in [9.17, 15) is 30.0 Å². The van der Waals surface area contributed by atoms with Crippen LogP contribution in [-0.2, 0) is 14.3 Å². The Balaban J connectivity index is 1.55. The van der Waals surface area contributed by atoms with Gasteiger partial charge in [0.05, 0.1) is 12.0 Å². The summed E-state index contributed by atoms with van der Waals surface area (Å²) in [4.78, 5) is 26.0. The molecule has 0 aromatic heterocycles. The summed E-state index contributed by atoms with van der Waals surface area (Å²) in [6, 6.07) is 2.09. The lowest BCUT2D eigenvalue weighted by molar-refractivity contribution is -0.166. The maximum atomic E-state index is 13.1. The first kappa shape index (κ1) is 19.8. The van der Waals surface area contributed by atoms with Crippen molar-refractivity contribution in [3.63, 3.8) is 0 Å². The Morgan fingerprint density at radius 2 is 1.84 bits per heavy atom. The van der Waals surface area contributed by atoms with Gasteiger partial charge < -0.3 is 25.2 Å². The van der Waals surface area contributed by atoms with Crippen LogP contribution in [0.1, 0.15) is 26.7 Å². The van der Waals surface area contributed by atoms with E-state index in [1.165, 1.54) is 17.2 Å². The predicted molar refractivity (Wildman–Crippen MR) is 105 cm³/mol. The van der Waals surface area contributed by atoms with E-state index in [-0.39, 0.29) is 29.7 Å². The van der Waals surface area contributed by atoms with E-state index in [1.807, 2.05) is 6.92 Å². The van der Waals surface area contributed by atoms with Crippen molar-refractivity contribution in [3.8, 4) is 17.2 Å². The maximum absolute atomic E-state index is 13.1. The first-order valence-electron chi connectivity index (χ1n) is 10.2. The van der Waals surface area contributed by atoms with Crippen LogP contribution in [0.4, 0.5) is 5.69 Å². The smallest absolute Gasteiger partial charge is 0.338 e. The average Bonchev–Trinajstić information content (AvgIpc) is 3.30. The van der Waals surface area contributed by atoms with Crippen LogP contribution in [0.2, 0.25) is 0 Å². The minimum atomic E-state index is -1.45. The number of phenols is 3. The standard InChI is InChI=1S/C21H23N3O7/c1-10-3-4-12-17(19(2)15(28)5-6-21(10,19)30)31-18(29)20(12)9-24(23-22-20)16-13(26)7-11(25)8-14(16)27/h5-8,10,12,17,25-27,30H,3-4,9H2,1-2H3/t10-,12?,17?,19-,20?,21+/m0/s1. The van der Waals surface area contributed by atoms with Crippen molar-refractivity contribution in [2.45, 2.75) is 43.9 Å². The Kier molecular flexibility index (Phi) is 3.81. The second kappa shape index (κ2) is 5.97. The van der Waals surface area contributed by atoms with Crippen molar-refractivity contribution in [1.29, 1.82) is 0 Å². The van der Waals surface area contributed by atoms with Crippen LogP contribution in [0.15, 0.2) is 34.6 Å². The molecule has 1 saturated heterocycles. The molecular weight excluding hydrogens is 406 g/mol. The number of fused-ring (bicyclic) bond motifs is 4. The number of carbonyl (C=O) groups is 2. The van der Waals surface area contributed by atoms with Gasteiger partial charge in [-0.2, -0.15) is 0 Å². The second-order valence-electron chi connectivity index (χ2n) is 9.14. The fourth-order valence-corrected chi connectivity index (χ4v) is 5.75. The number of aromatic hydroxyl groups is 3. The molecule has 0 bridgehead atoms. The van der Waals surface area contributed by atoms with E-state index >= 15 is 0 Å². The van der Waals surface area contributed by atoms with Crippen molar-refractivity contribution in [3.05, 3.63) is 24.3 Å². The maximum Gasteiger partial charge on any atom is 0.338 e. The van der Waals surface area contributed by atoms with Gasteiger partial charge in [0.25, 0.3) is 0 Å². The molecule has 6 atom stereocenters. The van der Waals surface area contributed by atoms with Crippen LogP contribution in [0.3, 0.4) is 0 Å². The number of hydrogen-bond donors (Lipinski definition) is 4. The highest BCUT2D eigenvalue weighted by Gasteiger charge is 2.72. The predicted octanol–water partition coefficient (Wildman–Crippen LogP) is 1.58. The average molecular weight is 429 g/mol. The van der Waals surface area contributed by atoms with E-state index < -0.39 is 46.0 Å². The van der Waals surface area contributed by atoms with Crippen LogP contribution in [0.25, 0.3) is 0 Å². The minimum Gasteiger partial charge on any atom is -0.508 e. The lowest BCUT2D eigenvalue weighted by Crippen LogP contribution is -2.57. The Bertz CT molecular complexity index is 1050. The first-order chi connectivity index (χ1) is 14.5. The zero-order valence-corrected chi connectivity index (χ0v) is 17.0. The normalized spacial score (nSPS) is 40.9. The number of ketones is 1. The Labute approximate surface area is 177 Å². The Morgan fingerprint density at radius 1 is 1.16 bits per heavy atom. The molecule has 4 aliphatic rings. The van der Waals surface area contributed by atoms with Gasteiger partial charge in [-0.05, 0) is 37.8 Å². The molecule has 4 N–H and O–H groups in total. The Morgan fingerprint density at radius 3 is 2.52 bits per heavy atom. The van der Waals surface area contributed by atoms with Crippen LogP contribution >= 0.6 is 0 Å². The lowest BCUT2D eigenvalue weighted by atomic mass is 9.63. The number of aliphatic hydroxyl groups is 1. The highest BCUT2D eigenvalue weighted by atomic mass is 16.6. The van der Waals surface area contributed by atoms with Crippen LogP contribution in [0.5, 0.6) is 17.2 Å². The van der Waals surface area contributed by atoms with E-state index in [0.717, 1.165) is 12.1 Å². The van der Waals surface area contributed by atoms with Gasteiger partial charge >= 0.3 is 5.97 Å². The van der Waals surface area contributed by atoms with Gasteiger partial charge in [0.1, 0.15) is 34.6 Å². The summed E-state index contributed by atoms with van der Waals surface area (Å²) in [5.41, 5.74) is -4.34. The number of phenolic OH excluding ortho intramolecular Hbond substituents is 3. The molecule has 1 spiro atoms. The first-order valence-corrected chi connectivity index (χ1v) is 10.2. The fraction of sp³-hybridized carbons (Fsp3) is 0.524. The summed E-state index contributed by atoms with van der Waals surface area (Å²) in [7, 11) is 0. The van der Waals surface area contributed by atoms with Gasteiger partial charge in [-0.1, -0.05) is 12.1 Å². The summed E-state index contributed by atoms with van der Waals surface area (Å²) in [6.45, 7) is 3.37. The highest BCUT2D eigenvalue weighted by molar-refractivity contribution is 6.00. The second-order valence-corrected chi connectivity index (χ2v) is 9.14. The number of benzene rings is 1. The summed E-state index contributed by atoms with van der Waals surface area (Å²) in [5, 5.41) is 50.8. The molecule has 5 rings (SSSR count). The number of rotatable bonds is 1. The van der Waals surface area contributed by atoms with Crippen molar-refractivity contribution >= 4 is 17.4 Å². The third-order valence-corrected chi connectivity index (χ3v) is 7.66. The van der Waals surface area contributed by atoms with Crippen molar-refractivity contribution < 1.29 is 34.8 Å². The van der Waals surface area contributed by atoms with Gasteiger partial charge in [-0.15, -0.1) is 5.11 Å². The van der Waals surface area contributed by atoms with Crippen molar-refractivity contribution in [1.82, 2.24) is 0 Å². The van der Waals surface area contributed by atoms with E-state index in [1.54, 1.807) is 6.92 Å². The van der Waals surface area contributed by atoms with E-state index in [2.05, 4.69) is 10.3 Å². The molecule has 1 aromatic rings. The topological polar surface area (TPSA) is 152 Å². The molecular formula is C21H23N3O7. The third kappa shape index (κ3) is 2.25. The SMILES string of the molecule is C[C@H]1CCC2C(OC(=O)C23CN(c2c(O)cc(O)cc2O)N=N3)[C@]2(C)C(=O)C=C[C@@]12O. The molecule has 10 nitrogen and oxygen atoms in total. The molecule has 31 heavy (non-hydrogen) atoms. The van der Waals surface area contributed by atoms with Gasteiger partial charge in [-0.3, -0.25) is 4.79 Å². The van der Waals surface area contributed by atoms with Gasteiger partial charge in [0, 0.05) is 18.1 Å². The molecule has 164 valence electrons. The van der Waals surface area contributed by atoms with Gasteiger partial charge in [0.15, 0.2) is 5.78 Å². The Hall–Kier alpha value is -3.14. The molecule has 2 fully saturated rings. The van der Waals surface area contributed by atoms with E-state index in [4.69, 9.17) is 4.74 Å². The summed E-state index contributed by atoms with van der Waals surface area (Å²) < 4.78 is 5.74. The van der Waals surface area contributed by atoms with Crippen LogP contribution in [-0.4, -0.2) is 56.0 Å². The van der Waals surface area contributed by atoms with Gasteiger partial charge in [0.2, 0.25) is 5.54 Å². The molecule has 2 heterocycles. The van der Waals surface area contributed by atoms with Crippen LogP contribution < -0.4 is 5.01 Å². The van der Waals surface area contributed by atoms with Crippen molar-refractivity contribution in [2.24, 2.45) is 27.6 Å². The van der Waals surface area contributed by atoms with Crippen LogP contribution in [0, 0.1) is 17.3 Å². The molecule has 2 aliphatic heterocycles. The summed E-state index contributed by atoms with van der Waals surface area (Å²) in [6.07, 6.45) is 2.97. The summed E-state index contributed by atoms with van der Waals surface area (Å²) in [5.74, 6) is -2.94. The number of carbonyl (C=O) groups excluding carboxylic acids is 2. The zero-order chi connectivity index (χ0) is 22.3. The number of nitrogens with zero attached hydrogens (tertiary/aromatic N) is 3. The fourth-order valence-electron chi connectivity index (χ4n) is 5.75. The molecule has 0 amide bonds. The molecule has 1 saturated carbocycles. The van der Waals surface area contributed by atoms with Gasteiger partial charge in [-0.25, -0.2) is 9.80 Å². The number of anilines is 1. The number of esters is 1. The highest BCUT2D eigenvalue weighted by Crippen LogP contribution is 2.59. The minimum absolute atomic E-state index is 0.0991.